The number of hydrogen-bond acceptors (Lipinski definition) is 7. The quantitative estimate of drug-likeness (QED) is 0.137. The molecular weight excluding hydrogens is 574 g/mol. The number of fused-ring (bicyclic) bond motifs is 1. The number of nitrogens with zero attached hydrogens (tertiary/aromatic N) is 2. The molecular formula is C35H49N3O7. The van der Waals surface area contributed by atoms with E-state index in [0.29, 0.717) is 45.2 Å². The highest BCUT2D eigenvalue weighted by atomic mass is 16.6. The fraction of sp³-hybridized carbons (Fsp3) is 0.600. The Morgan fingerprint density at radius 2 is 1.96 bits per heavy atom. The maximum absolute atomic E-state index is 14.3. The third-order valence-electron chi connectivity index (χ3n) is 9.30. The molecule has 10 nitrogen and oxygen atoms in total. The van der Waals surface area contributed by atoms with Gasteiger partial charge in [-0.2, -0.15) is 0 Å². The van der Waals surface area contributed by atoms with E-state index in [1.54, 1.807) is 22.0 Å². The van der Waals surface area contributed by atoms with E-state index in [4.69, 9.17) is 9.47 Å². The van der Waals surface area contributed by atoms with Gasteiger partial charge in [0.2, 0.25) is 17.7 Å². The number of allylic oxidation sites excluding steroid dienone is 1. The van der Waals surface area contributed by atoms with Crippen molar-refractivity contribution in [1.82, 2.24) is 15.1 Å². The first-order valence-corrected chi connectivity index (χ1v) is 16.4. The molecule has 3 amide bonds. The number of unbranched alkanes of at least 4 members (excludes halogenated alkanes) is 3. The Hall–Kier alpha value is -3.50. The van der Waals surface area contributed by atoms with Crippen LogP contribution in [-0.4, -0.2) is 89.1 Å². The number of benzene rings is 1. The molecule has 0 aromatic heterocycles. The van der Waals surface area contributed by atoms with Crippen LogP contribution in [0.3, 0.4) is 0 Å². The number of ether oxygens (including phenoxy) is 2. The van der Waals surface area contributed by atoms with Crippen LogP contribution in [0.5, 0.6) is 0 Å². The van der Waals surface area contributed by atoms with Crippen LogP contribution in [0.15, 0.2) is 55.6 Å². The first-order chi connectivity index (χ1) is 21.8. The van der Waals surface area contributed by atoms with Crippen molar-refractivity contribution in [3.63, 3.8) is 0 Å². The summed E-state index contributed by atoms with van der Waals surface area (Å²) in [5, 5.41) is 12.3. The van der Waals surface area contributed by atoms with Crippen molar-refractivity contribution in [2.75, 3.05) is 32.8 Å². The lowest BCUT2D eigenvalue weighted by molar-refractivity contribution is -0.160. The summed E-state index contributed by atoms with van der Waals surface area (Å²) < 4.78 is 12.7. The van der Waals surface area contributed by atoms with Crippen LogP contribution in [0.25, 0.3) is 0 Å². The third-order valence-corrected chi connectivity index (χ3v) is 9.30. The van der Waals surface area contributed by atoms with Gasteiger partial charge in [-0.1, -0.05) is 62.2 Å². The van der Waals surface area contributed by atoms with E-state index in [2.05, 4.69) is 25.4 Å². The molecule has 2 N–H and O–H groups in total. The second-order valence-electron chi connectivity index (χ2n) is 12.3. The standard InChI is InChI=1S/C35H49N3O7/c1-4-7-12-21-37(20-6-3)33(42)31-35-19-18-26(45-35)29(30(35)32(41)38(31)22-13-14-23-39)34(43)44-27(25-15-10-9-11-16-25)24-36-28(40)17-8-5-2/h5-6,9-11,15-16,26-27,29-31,39H,2-4,7-8,12-14,17-24H2,1H3,(H,36,40)/t26-,27+,29+,30+,31-,35+/m0/s1. The lowest BCUT2D eigenvalue weighted by Gasteiger charge is -2.37. The molecule has 0 radical (unpaired) electrons. The van der Waals surface area contributed by atoms with Crippen molar-refractivity contribution in [3.8, 4) is 0 Å². The van der Waals surface area contributed by atoms with Gasteiger partial charge in [0.25, 0.3) is 0 Å². The summed E-state index contributed by atoms with van der Waals surface area (Å²) in [6.07, 6.45) is 7.71. The zero-order chi connectivity index (χ0) is 32.4. The predicted octanol–water partition coefficient (Wildman–Crippen LogP) is 3.71. The van der Waals surface area contributed by atoms with Crippen LogP contribution in [-0.2, 0) is 28.7 Å². The lowest BCUT2D eigenvalue weighted by Crippen LogP contribution is -2.56. The minimum atomic E-state index is -1.13. The molecule has 0 aliphatic carbocycles. The van der Waals surface area contributed by atoms with Crippen molar-refractivity contribution < 1.29 is 33.8 Å². The van der Waals surface area contributed by atoms with Crippen LogP contribution in [0.2, 0.25) is 0 Å². The SMILES string of the molecule is C=CCCC(=O)NC[C@@H](OC(=O)[C@@H]1[C@@H]2CC[C@]3(O2)[C@H](C(=O)N(CC=C)CCCCC)N(CCCCO)C(=O)[C@@H]13)c1ccccc1. The summed E-state index contributed by atoms with van der Waals surface area (Å²) >= 11 is 0. The predicted molar refractivity (Wildman–Crippen MR) is 170 cm³/mol. The van der Waals surface area contributed by atoms with E-state index in [-0.39, 0.29) is 43.8 Å². The summed E-state index contributed by atoms with van der Waals surface area (Å²) in [6.45, 7) is 10.8. The van der Waals surface area contributed by atoms with Gasteiger partial charge >= 0.3 is 5.97 Å². The molecule has 1 aromatic rings. The molecule has 45 heavy (non-hydrogen) atoms. The van der Waals surface area contributed by atoms with Crippen molar-refractivity contribution in [2.45, 2.75) is 88.6 Å². The minimum Gasteiger partial charge on any atom is -0.455 e. The zero-order valence-electron chi connectivity index (χ0n) is 26.5. The number of carbonyl (C=O) groups excluding carboxylic acids is 4. The smallest absolute Gasteiger partial charge is 0.313 e. The van der Waals surface area contributed by atoms with Gasteiger partial charge in [0, 0.05) is 32.7 Å². The fourth-order valence-electron chi connectivity index (χ4n) is 7.15. The summed E-state index contributed by atoms with van der Waals surface area (Å²) in [4.78, 5) is 58.3. The number of nitrogens with one attached hydrogen (secondary N) is 1. The average molecular weight is 624 g/mol. The number of aliphatic hydroxyl groups excluding tert-OH is 1. The minimum absolute atomic E-state index is 0.0205. The zero-order valence-corrected chi connectivity index (χ0v) is 26.5. The summed E-state index contributed by atoms with van der Waals surface area (Å²) in [7, 11) is 0. The maximum atomic E-state index is 14.3. The molecule has 3 fully saturated rings. The number of esters is 1. The van der Waals surface area contributed by atoms with E-state index in [9.17, 15) is 24.3 Å². The van der Waals surface area contributed by atoms with Gasteiger partial charge in [0.15, 0.2) is 0 Å². The number of amides is 3. The first kappa shape index (κ1) is 34.4. The van der Waals surface area contributed by atoms with Crippen LogP contribution in [0.1, 0.15) is 76.4 Å². The number of carbonyl (C=O) groups is 4. The molecule has 1 aromatic carbocycles. The third kappa shape index (κ3) is 7.49. The van der Waals surface area contributed by atoms with Crippen LogP contribution in [0.4, 0.5) is 0 Å². The lowest BCUT2D eigenvalue weighted by atomic mass is 9.70. The molecule has 3 aliphatic rings. The Labute approximate surface area is 266 Å². The van der Waals surface area contributed by atoms with Crippen molar-refractivity contribution in [1.29, 1.82) is 0 Å². The second kappa shape index (κ2) is 16.2. The van der Waals surface area contributed by atoms with Gasteiger partial charge in [-0.25, -0.2) is 0 Å². The Balaban J connectivity index is 1.60. The molecule has 4 rings (SSSR count). The van der Waals surface area contributed by atoms with Crippen LogP contribution < -0.4 is 5.32 Å². The van der Waals surface area contributed by atoms with E-state index < -0.39 is 41.7 Å². The molecule has 0 unspecified atom stereocenters. The molecule has 1 spiro atoms. The summed E-state index contributed by atoms with van der Waals surface area (Å²) in [5.41, 5.74) is -0.412. The Morgan fingerprint density at radius 3 is 2.64 bits per heavy atom. The molecule has 3 aliphatic heterocycles. The number of aliphatic hydroxyl groups is 1. The number of likely N-dealkylation sites (tertiary alicyclic amines) is 1. The Bertz CT molecular complexity index is 1210. The van der Waals surface area contributed by atoms with Gasteiger partial charge < -0.3 is 29.7 Å². The fourth-order valence-corrected chi connectivity index (χ4v) is 7.15. The van der Waals surface area contributed by atoms with Crippen molar-refractivity contribution >= 4 is 23.7 Å². The molecule has 246 valence electrons. The average Bonchev–Trinajstić information content (AvgIpc) is 3.69. The van der Waals surface area contributed by atoms with Crippen molar-refractivity contribution in [2.24, 2.45) is 11.8 Å². The van der Waals surface area contributed by atoms with Gasteiger partial charge in [0.1, 0.15) is 17.7 Å². The van der Waals surface area contributed by atoms with E-state index in [0.717, 1.165) is 24.8 Å². The highest BCUT2D eigenvalue weighted by molar-refractivity contribution is 5.98. The monoisotopic (exact) mass is 623 g/mol. The van der Waals surface area contributed by atoms with Gasteiger partial charge in [-0.3, -0.25) is 19.2 Å². The summed E-state index contributed by atoms with van der Waals surface area (Å²) in [5.74, 6) is -2.94. The summed E-state index contributed by atoms with van der Waals surface area (Å²) in [6, 6.07) is 8.32. The van der Waals surface area contributed by atoms with Gasteiger partial charge in [0.05, 0.1) is 24.5 Å². The molecule has 10 heteroatoms. The van der Waals surface area contributed by atoms with E-state index in [1.165, 1.54) is 0 Å². The largest absolute Gasteiger partial charge is 0.455 e. The first-order valence-electron chi connectivity index (χ1n) is 16.4. The normalized spacial score (nSPS) is 25.5. The highest BCUT2D eigenvalue weighted by Gasteiger charge is 2.75. The number of hydrogen-bond donors (Lipinski definition) is 2. The topological polar surface area (TPSA) is 125 Å². The number of rotatable bonds is 19. The van der Waals surface area contributed by atoms with Crippen molar-refractivity contribution in [3.05, 3.63) is 61.2 Å². The van der Waals surface area contributed by atoms with Crippen LogP contribution in [0, 0.1) is 11.8 Å². The Kier molecular flexibility index (Phi) is 12.4. The molecule has 3 saturated heterocycles. The molecule has 3 heterocycles. The van der Waals surface area contributed by atoms with Gasteiger partial charge in [-0.15, -0.1) is 13.2 Å². The highest BCUT2D eigenvalue weighted by Crippen LogP contribution is 2.59. The maximum Gasteiger partial charge on any atom is 0.313 e. The second-order valence-corrected chi connectivity index (χ2v) is 12.3. The van der Waals surface area contributed by atoms with Gasteiger partial charge in [-0.05, 0) is 44.1 Å². The van der Waals surface area contributed by atoms with E-state index >= 15 is 0 Å². The molecule has 2 bridgehead atoms. The van der Waals surface area contributed by atoms with E-state index in [1.807, 2.05) is 30.3 Å². The molecule has 0 saturated carbocycles. The molecule has 6 atom stereocenters. The van der Waals surface area contributed by atoms with Crippen LogP contribution >= 0.6 is 0 Å². The Morgan fingerprint density at radius 1 is 1.18 bits per heavy atom.